The van der Waals surface area contributed by atoms with Gasteiger partial charge in [-0.15, -0.1) is 24.0 Å². The van der Waals surface area contributed by atoms with Gasteiger partial charge in [0.15, 0.2) is 5.96 Å². The standard InChI is InChI=1S/C20H39N5O2.HI/c1-5-21-19(25-12-11-16(15-25)14-24(6-2)7-3)22-13-18(17-9-10-17)23-20(26)27-8-4;/h16-18H,5-15H2,1-4H3,(H,21,22)(H,23,26);1H. The number of hydrogen-bond acceptors (Lipinski definition) is 4. The number of rotatable bonds is 10. The molecule has 1 aliphatic carbocycles. The number of alkyl carbamates (subject to hydrolysis) is 1. The third-order valence-corrected chi connectivity index (χ3v) is 5.54. The molecule has 2 fully saturated rings. The molecule has 2 unspecified atom stereocenters. The molecule has 7 nitrogen and oxygen atoms in total. The molecule has 0 radical (unpaired) electrons. The Kier molecular flexibility index (Phi) is 12.1. The van der Waals surface area contributed by atoms with Crippen LogP contribution in [-0.2, 0) is 4.74 Å². The number of amides is 1. The lowest BCUT2D eigenvalue weighted by atomic mass is 10.1. The summed E-state index contributed by atoms with van der Waals surface area (Å²) in [6.45, 7) is 15.8. The summed E-state index contributed by atoms with van der Waals surface area (Å²) in [4.78, 5) is 21.6. The van der Waals surface area contributed by atoms with Crippen molar-refractivity contribution in [3.63, 3.8) is 0 Å². The summed E-state index contributed by atoms with van der Waals surface area (Å²) in [6, 6.07) is 0.0757. The summed E-state index contributed by atoms with van der Waals surface area (Å²) in [6.07, 6.45) is 3.22. The SMILES string of the molecule is CCNC(=NCC(NC(=O)OCC)C1CC1)N1CCC(CN(CC)CC)C1.I. The van der Waals surface area contributed by atoms with Gasteiger partial charge in [-0.25, -0.2) is 4.79 Å². The highest BCUT2D eigenvalue weighted by Crippen LogP contribution is 2.33. The van der Waals surface area contributed by atoms with E-state index in [1.54, 1.807) is 0 Å². The molecule has 2 rings (SSSR count). The molecule has 0 aromatic carbocycles. The molecule has 2 N–H and O–H groups in total. The van der Waals surface area contributed by atoms with Crippen LogP contribution in [0.1, 0.15) is 47.0 Å². The van der Waals surface area contributed by atoms with Crippen LogP contribution < -0.4 is 10.6 Å². The van der Waals surface area contributed by atoms with Crippen LogP contribution in [-0.4, -0.2) is 80.3 Å². The quantitative estimate of drug-likeness (QED) is 0.269. The number of aliphatic imine (C=N–C) groups is 1. The highest BCUT2D eigenvalue weighted by Gasteiger charge is 2.33. The van der Waals surface area contributed by atoms with Crippen molar-refractivity contribution in [2.24, 2.45) is 16.8 Å². The minimum absolute atomic E-state index is 0. The van der Waals surface area contributed by atoms with Crippen LogP contribution in [0.25, 0.3) is 0 Å². The number of hydrogen-bond donors (Lipinski definition) is 2. The van der Waals surface area contributed by atoms with Gasteiger partial charge in [-0.05, 0) is 58.0 Å². The maximum Gasteiger partial charge on any atom is 0.407 e. The van der Waals surface area contributed by atoms with E-state index in [2.05, 4.69) is 41.2 Å². The van der Waals surface area contributed by atoms with Gasteiger partial charge in [-0.2, -0.15) is 0 Å². The minimum atomic E-state index is -0.324. The van der Waals surface area contributed by atoms with E-state index >= 15 is 0 Å². The fourth-order valence-electron chi connectivity index (χ4n) is 3.77. The molecular weight excluding hydrogens is 469 g/mol. The van der Waals surface area contributed by atoms with E-state index < -0.39 is 0 Å². The van der Waals surface area contributed by atoms with Crippen LogP contribution in [0, 0.1) is 11.8 Å². The van der Waals surface area contributed by atoms with Crippen LogP contribution in [0.4, 0.5) is 4.79 Å². The number of ether oxygens (including phenoxy) is 1. The first-order valence-electron chi connectivity index (χ1n) is 10.8. The zero-order valence-electron chi connectivity index (χ0n) is 18.1. The van der Waals surface area contributed by atoms with Gasteiger partial charge in [-0.3, -0.25) is 4.99 Å². The molecule has 8 heteroatoms. The number of guanidine groups is 1. The highest BCUT2D eigenvalue weighted by molar-refractivity contribution is 14.0. The first-order chi connectivity index (χ1) is 13.1. The van der Waals surface area contributed by atoms with Gasteiger partial charge in [0.2, 0.25) is 0 Å². The maximum atomic E-state index is 11.8. The molecule has 0 bridgehead atoms. The average Bonchev–Trinajstić information content (AvgIpc) is 3.41. The summed E-state index contributed by atoms with van der Waals surface area (Å²) >= 11 is 0. The van der Waals surface area contributed by atoms with Crippen molar-refractivity contribution in [1.29, 1.82) is 0 Å². The molecule has 0 aromatic rings. The molecule has 2 aliphatic rings. The monoisotopic (exact) mass is 509 g/mol. The fourth-order valence-corrected chi connectivity index (χ4v) is 3.77. The van der Waals surface area contributed by atoms with Crippen molar-refractivity contribution in [3.8, 4) is 0 Å². The normalized spacial score (nSPS) is 20.7. The van der Waals surface area contributed by atoms with Crippen molar-refractivity contribution in [1.82, 2.24) is 20.4 Å². The number of carbonyl (C=O) groups is 1. The molecule has 28 heavy (non-hydrogen) atoms. The molecule has 2 atom stereocenters. The summed E-state index contributed by atoms with van der Waals surface area (Å²) in [5, 5.41) is 6.43. The third kappa shape index (κ3) is 8.31. The second kappa shape index (κ2) is 13.5. The van der Waals surface area contributed by atoms with Gasteiger partial charge in [-0.1, -0.05) is 13.8 Å². The van der Waals surface area contributed by atoms with E-state index in [9.17, 15) is 4.79 Å². The molecule has 0 spiro atoms. The van der Waals surface area contributed by atoms with Crippen molar-refractivity contribution < 1.29 is 9.53 Å². The van der Waals surface area contributed by atoms with E-state index in [0.717, 1.165) is 45.2 Å². The molecule has 164 valence electrons. The Bertz CT molecular complexity index is 483. The fraction of sp³-hybridized carbons (Fsp3) is 0.900. The number of nitrogens with one attached hydrogen (secondary N) is 2. The number of nitrogens with zero attached hydrogens (tertiary/aromatic N) is 3. The van der Waals surface area contributed by atoms with Gasteiger partial charge in [0.05, 0.1) is 19.2 Å². The Balaban J connectivity index is 0.00000392. The highest BCUT2D eigenvalue weighted by atomic mass is 127. The zero-order valence-corrected chi connectivity index (χ0v) is 20.4. The smallest absolute Gasteiger partial charge is 0.407 e. The molecule has 1 saturated carbocycles. The first-order valence-corrected chi connectivity index (χ1v) is 10.8. The van der Waals surface area contributed by atoms with E-state index in [1.807, 2.05) is 6.92 Å². The predicted octanol–water partition coefficient (Wildman–Crippen LogP) is 2.76. The van der Waals surface area contributed by atoms with Crippen LogP contribution >= 0.6 is 24.0 Å². The van der Waals surface area contributed by atoms with E-state index in [0.29, 0.717) is 25.0 Å². The Hall–Kier alpha value is -0.770. The number of likely N-dealkylation sites (tertiary alicyclic amines) is 1. The van der Waals surface area contributed by atoms with Crippen molar-refractivity contribution in [2.75, 3.05) is 52.4 Å². The number of halogens is 1. The molecule has 1 heterocycles. The van der Waals surface area contributed by atoms with Crippen LogP contribution in [0.3, 0.4) is 0 Å². The topological polar surface area (TPSA) is 69.2 Å². The van der Waals surface area contributed by atoms with Crippen molar-refractivity contribution in [2.45, 2.75) is 53.0 Å². The van der Waals surface area contributed by atoms with Crippen molar-refractivity contribution >= 4 is 36.0 Å². The van der Waals surface area contributed by atoms with E-state index in [4.69, 9.17) is 9.73 Å². The lowest BCUT2D eigenvalue weighted by molar-refractivity contribution is 0.147. The lowest BCUT2D eigenvalue weighted by Gasteiger charge is -2.25. The van der Waals surface area contributed by atoms with Crippen LogP contribution in [0.15, 0.2) is 4.99 Å². The third-order valence-electron chi connectivity index (χ3n) is 5.54. The Morgan fingerprint density at radius 2 is 1.93 bits per heavy atom. The van der Waals surface area contributed by atoms with Gasteiger partial charge in [0, 0.05) is 26.2 Å². The summed E-state index contributed by atoms with van der Waals surface area (Å²) < 4.78 is 5.05. The summed E-state index contributed by atoms with van der Waals surface area (Å²) in [7, 11) is 0. The second-order valence-corrected chi connectivity index (χ2v) is 7.59. The lowest BCUT2D eigenvalue weighted by Crippen LogP contribution is -2.43. The second-order valence-electron chi connectivity index (χ2n) is 7.59. The summed E-state index contributed by atoms with van der Waals surface area (Å²) in [5.74, 6) is 2.22. The average molecular weight is 509 g/mol. The van der Waals surface area contributed by atoms with Gasteiger partial charge in [0.25, 0.3) is 0 Å². The van der Waals surface area contributed by atoms with E-state index in [1.165, 1.54) is 19.3 Å². The predicted molar refractivity (Wildman–Crippen MR) is 126 cm³/mol. The first kappa shape index (κ1) is 25.3. The van der Waals surface area contributed by atoms with Crippen molar-refractivity contribution in [3.05, 3.63) is 0 Å². The Morgan fingerprint density at radius 3 is 2.50 bits per heavy atom. The van der Waals surface area contributed by atoms with Gasteiger partial charge >= 0.3 is 6.09 Å². The Morgan fingerprint density at radius 1 is 1.21 bits per heavy atom. The molecule has 1 amide bonds. The number of carbonyl (C=O) groups excluding carboxylic acids is 1. The minimum Gasteiger partial charge on any atom is -0.450 e. The van der Waals surface area contributed by atoms with E-state index in [-0.39, 0.29) is 36.1 Å². The Labute approximate surface area is 188 Å². The van der Waals surface area contributed by atoms with Crippen LogP contribution in [0.2, 0.25) is 0 Å². The molecular formula is C20H40IN5O2. The van der Waals surface area contributed by atoms with Gasteiger partial charge < -0.3 is 25.2 Å². The van der Waals surface area contributed by atoms with Gasteiger partial charge in [0.1, 0.15) is 0 Å². The molecule has 1 saturated heterocycles. The maximum absolute atomic E-state index is 11.8. The zero-order chi connectivity index (χ0) is 19.6. The molecule has 1 aliphatic heterocycles. The largest absolute Gasteiger partial charge is 0.450 e. The van der Waals surface area contributed by atoms with Crippen LogP contribution in [0.5, 0.6) is 0 Å². The summed E-state index contributed by atoms with van der Waals surface area (Å²) in [5.41, 5.74) is 0. The molecule has 0 aromatic heterocycles.